The zero-order valence-electron chi connectivity index (χ0n) is 9.13. The lowest BCUT2D eigenvalue weighted by molar-refractivity contribution is -0.274. The highest BCUT2D eigenvalue weighted by Crippen LogP contribution is 2.29. The molecule has 1 fully saturated rings. The Balaban J connectivity index is 2.36. The summed E-state index contributed by atoms with van der Waals surface area (Å²) in [6, 6.07) is 0. The van der Waals surface area contributed by atoms with Gasteiger partial charge in [-0.25, -0.2) is 9.78 Å². The van der Waals surface area contributed by atoms with Crippen LogP contribution in [0.2, 0.25) is 0 Å². The maximum Gasteiger partial charge on any atom is 0.412 e. The number of hydrogen-bond acceptors (Lipinski definition) is 7. The molecule has 0 saturated carbocycles. The van der Waals surface area contributed by atoms with E-state index in [9.17, 15) is 15.0 Å². The Morgan fingerprint density at radius 2 is 2.44 bits per heavy atom. The van der Waals surface area contributed by atoms with Crippen LogP contribution in [-0.4, -0.2) is 38.6 Å². The lowest BCUT2D eigenvalue weighted by atomic mass is 10.2. The number of ether oxygens (including phenoxy) is 1. The first kappa shape index (κ1) is 12.4. The highest BCUT2D eigenvalue weighted by molar-refractivity contribution is 5.48. The van der Waals surface area contributed by atoms with Crippen molar-refractivity contribution in [3.8, 4) is 5.88 Å². The molecule has 0 aliphatic carbocycles. The van der Waals surface area contributed by atoms with Crippen LogP contribution in [0.5, 0.6) is 5.88 Å². The molecular formula is C9H10N4O5. The van der Waals surface area contributed by atoms with E-state index in [1.165, 1.54) is 0 Å². The molecule has 18 heavy (non-hydrogen) atoms. The van der Waals surface area contributed by atoms with Gasteiger partial charge in [0.15, 0.2) is 4.98 Å². The minimum Gasteiger partial charge on any atom is -0.853 e. The smallest absolute Gasteiger partial charge is 0.412 e. The second-order valence-corrected chi connectivity index (χ2v) is 3.84. The fourth-order valence-electron chi connectivity index (χ4n) is 1.77. The van der Waals surface area contributed by atoms with Crippen molar-refractivity contribution < 1.29 is 20.1 Å². The van der Waals surface area contributed by atoms with Crippen LogP contribution < -0.4 is 10.8 Å². The van der Waals surface area contributed by atoms with Gasteiger partial charge in [-0.15, -0.1) is 0 Å². The normalized spacial score (nSPS) is 27.1. The van der Waals surface area contributed by atoms with Gasteiger partial charge in [0.2, 0.25) is 5.39 Å². The van der Waals surface area contributed by atoms with Crippen LogP contribution >= 0.6 is 0 Å². The second kappa shape index (κ2) is 4.69. The fourth-order valence-corrected chi connectivity index (χ4v) is 1.77. The van der Waals surface area contributed by atoms with E-state index in [4.69, 9.17) is 15.2 Å². The topological polar surface area (TPSA) is 136 Å². The van der Waals surface area contributed by atoms with Crippen LogP contribution in [-0.2, 0) is 4.74 Å². The molecular weight excluding hydrogens is 244 g/mol. The Labute approximate surface area is 101 Å². The molecule has 0 amide bonds. The Hall–Kier alpha value is -2.02. The molecule has 0 radical (unpaired) electrons. The molecule has 0 bridgehead atoms. The number of nitrogens with zero attached hydrogens (tertiary/aromatic N) is 4. The summed E-state index contributed by atoms with van der Waals surface area (Å²) in [7, 11) is 0. The molecule has 1 aliphatic rings. The number of aliphatic hydroxyl groups excluding tert-OH is 2. The van der Waals surface area contributed by atoms with E-state index >= 15 is 0 Å². The van der Waals surface area contributed by atoms with Gasteiger partial charge in [0.25, 0.3) is 0 Å². The van der Waals surface area contributed by atoms with Gasteiger partial charge in [-0.1, -0.05) is 0 Å². The molecule has 1 aliphatic heterocycles. The summed E-state index contributed by atoms with van der Waals surface area (Å²) in [5.74, 6) is -0.948. The van der Waals surface area contributed by atoms with Crippen molar-refractivity contribution >= 4 is 5.69 Å². The highest BCUT2D eigenvalue weighted by Gasteiger charge is 2.35. The van der Waals surface area contributed by atoms with Gasteiger partial charge in [0.1, 0.15) is 18.5 Å². The molecule has 3 atom stereocenters. The average molecular weight is 254 g/mol. The zero-order valence-corrected chi connectivity index (χ0v) is 9.13. The van der Waals surface area contributed by atoms with E-state index in [1.807, 2.05) is 0 Å². The molecule has 9 heteroatoms. The SMILES string of the molecule is N#[N+]c1cn([C@H]2C[C@H](O)[C@@H](CO)O2)c(=O)nc1[O-]. The molecule has 2 heterocycles. The minimum absolute atomic E-state index is 0.0654. The maximum absolute atomic E-state index is 11.5. The van der Waals surface area contributed by atoms with E-state index in [1.54, 1.807) is 0 Å². The predicted molar refractivity (Wildman–Crippen MR) is 54.3 cm³/mol. The molecule has 2 rings (SSSR count). The van der Waals surface area contributed by atoms with Crippen LogP contribution in [0, 0.1) is 5.39 Å². The summed E-state index contributed by atoms with van der Waals surface area (Å²) in [6.45, 7) is -0.392. The van der Waals surface area contributed by atoms with Gasteiger partial charge in [-0.05, 0) is 0 Å². The van der Waals surface area contributed by atoms with Gasteiger partial charge >= 0.3 is 11.4 Å². The van der Waals surface area contributed by atoms with E-state index in [2.05, 4.69) is 9.96 Å². The summed E-state index contributed by atoms with van der Waals surface area (Å²) in [5.41, 5.74) is -1.27. The maximum atomic E-state index is 11.5. The summed E-state index contributed by atoms with van der Waals surface area (Å²) < 4.78 is 6.17. The molecule has 0 spiro atoms. The molecule has 96 valence electrons. The van der Waals surface area contributed by atoms with Crippen LogP contribution in [0.4, 0.5) is 5.69 Å². The third-order valence-corrected chi connectivity index (χ3v) is 2.70. The van der Waals surface area contributed by atoms with Crippen LogP contribution in [0.25, 0.3) is 4.98 Å². The minimum atomic E-state index is -0.948. The summed E-state index contributed by atoms with van der Waals surface area (Å²) in [4.78, 5) is 17.3. The number of hydrogen-bond donors (Lipinski definition) is 2. The molecule has 0 aromatic carbocycles. The van der Waals surface area contributed by atoms with Crippen LogP contribution in [0.1, 0.15) is 12.6 Å². The van der Waals surface area contributed by atoms with Crippen molar-refractivity contribution in [1.82, 2.24) is 9.55 Å². The van der Waals surface area contributed by atoms with Gasteiger partial charge in [-0.2, -0.15) is 0 Å². The predicted octanol–water partition coefficient (Wildman–Crippen LogP) is -1.56. The highest BCUT2D eigenvalue weighted by atomic mass is 16.5. The third-order valence-electron chi connectivity index (χ3n) is 2.70. The summed E-state index contributed by atoms with van der Waals surface area (Å²) in [5, 5.41) is 38.1. The molecule has 1 aromatic rings. The Bertz CT molecular complexity index is 551. The van der Waals surface area contributed by atoms with Crippen molar-refractivity contribution in [3.05, 3.63) is 21.7 Å². The average Bonchev–Trinajstić information content (AvgIpc) is 2.70. The van der Waals surface area contributed by atoms with E-state index in [0.717, 1.165) is 10.8 Å². The number of aromatic nitrogens is 2. The number of diazo groups is 1. The van der Waals surface area contributed by atoms with Gasteiger partial charge in [-0.3, -0.25) is 4.57 Å². The first-order valence-electron chi connectivity index (χ1n) is 5.16. The lowest BCUT2D eigenvalue weighted by Gasteiger charge is -2.14. The third kappa shape index (κ3) is 2.04. The van der Waals surface area contributed by atoms with E-state index < -0.39 is 42.3 Å². The lowest BCUT2D eigenvalue weighted by Crippen LogP contribution is -2.28. The van der Waals surface area contributed by atoms with Gasteiger partial charge in [0, 0.05) is 6.42 Å². The van der Waals surface area contributed by atoms with Crippen molar-refractivity contribution in [1.29, 1.82) is 5.39 Å². The first-order chi connectivity index (χ1) is 8.56. The molecule has 0 unspecified atom stereocenters. The van der Waals surface area contributed by atoms with Crippen molar-refractivity contribution in [2.24, 2.45) is 0 Å². The van der Waals surface area contributed by atoms with E-state index in [-0.39, 0.29) is 6.42 Å². The van der Waals surface area contributed by atoms with Crippen molar-refractivity contribution in [2.45, 2.75) is 24.9 Å². The molecule has 1 saturated heterocycles. The number of rotatable bonds is 2. The second-order valence-electron chi connectivity index (χ2n) is 3.84. The first-order valence-corrected chi connectivity index (χ1v) is 5.16. The van der Waals surface area contributed by atoms with Crippen LogP contribution in [0.15, 0.2) is 11.0 Å². The van der Waals surface area contributed by atoms with Gasteiger partial charge < -0.3 is 20.1 Å². The quantitative estimate of drug-likeness (QED) is 0.609. The molecule has 2 N–H and O–H groups in total. The Morgan fingerprint density at radius 3 is 3.00 bits per heavy atom. The monoisotopic (exact) mass is 254 g/mol. The molecule has 9 nitrogen and oxygen atoms in total. The van der Waals surface area contributed by atoms with Crippen LogP contribution in [0.3, 0.4) is 0 Å². The van der Waals surface area contributed by atoms with Gasteiger partial charge in [0.05, 0.1) is 18.6 Å². The Kier molecular flexibility index (Phi) is 3.24. The Morgan fingerprint density at radius 1 is 1.72 bits per heavy atom. The zero-order chi connectivity index (χ0) is 13.3. The molecule has 1 aromatic heterocycles. The number of aliphatic hydroxyl groups is 2. The largest absolute Gasteiger partial charge is 0.853 e. The summed E-state index contributed by atoms with van der Waals surface area (Å²) in [6.07, 6.45) is -1.53. The fraction of sp³-hybridized carbons (Fsp3) is 0.556. The van der Waals surface area contributed by atoms with E-state index in [0.29, 0.717) is 0 Å². The summed E-state index contributed by atoms with van der Waals surface area (Å²) >= 11 is 0. The standard InChI is InChI=1S/C9H10N4O5/c10-12-4-2-13(9(17)11-8(4)16)7-1-5(15)6(3-14)18-7/h2,5-7,14-15H,1,3H2/t5-,6+,7+/m0/s1. The van der Waals surface area contributed by atoms with Crippen molar-refractivity contribution in [2.75, 3.05) is 6.61 Å². The van der Waals surface area contributed by atoms with Crippen molar-refractivity contribution in [3.63, 3.8) is 0 Å².